The number of benzene rings is 2. The maximum Gasteiger partial charge on any atom is 0.243 e. The van der Waals surface area contributed by atoms with Crippen LogP contribution in [0.5, 0.6) is 0 Å². The maximum absolute atomic E-state index is 12.9. The van der Waals surface area contributed by atoms with Gasteiger partial charge in [0, 0.05) is 43.0 Å². The Hall–Kier alpha value is -3.33. The summed E-state index contributed by atoms with van der Waals surface area (Å²) in [5.41, 5.74) is 3.56. The molecule has 7 nitrogen and oxygen atoms in total. The molecule has 0 bridgehead atoms. The van der Waals surface area contributed by atoms with Crippen molar-refractivity contribution in [1.82, 2.24) is 13.9 Å². The fourth-order valence-electron chi connectivity index (χ4n) is 4.70. The molecule has 180 valence electrons. The molecule has 3 heterocycles. The van der Waals surface area contributed by atoms with Crippen LogP contribution in [-0.4, -0.2) is 52.9 Å². The number of aliphatic hydroxyl groups is 1. The van der Waals surface area contributed by atoms with E-state index in [4.69, 9.17) is 10.1 Å². The minimum atomic E-state index is -3.45. The van der Waals surface area contributed by atoms with Crippen molar-refractivity contribution in [3.63, 3.8) is 0 Å². The Kier molecular flexibility index (Phi) is 6.51. The molecule has 0 radical (unpaired) electrons. The molecule has 0 atom stereocenters. The summed E-state index contributed by atoms with van der Waals surface area (Å²) in [6.45, 7) is 1.13. The lowest BCUT2D eigenvalue weighted by atomic mass is 9.91. The fourth-order valence-corrected chi connectivity index (χ4v) is 6.19. The van der Waals surface area contributed by atoms with Gasteiger partial charge in [-0.1, -0.05) is 42.5 Å². The molecule has 1 saturated heterocycles. The third-order valence-electron chi connectivity index (χ3n) is 6.70. The highest BCUT2D eigenvalue weighted by molar-refractivity contribution is 7.89. The SMILES string of the molecule is O=C(CO)c1ccc(Cn2ccc3cc(C4CCN(S(=O)(=O)c5ccccc5)CC4)cnc32)cc1. The Morgan fingerprint density at radius 1 is 1.00 bits per heavy atom. The zero-order valence-corrected chi connectivity index (χ0v) is 20.1. The van der Waals surface area contributed by atoms with E-state index in [1.54, 1.807) is 40.7 Å². The number of carbonyl (C=O) groups is 1. The molecule has 2 aromatic heterocycles. The number of aliphatic hydroxyl groups excluding tert-OH is 1. The summed E-state index contributed by atoms with van der Waals surface area (Å²) in [6, 6.07) is 20.1. The number of hydrogen-bond donors (Lipinski definition) is 1. The van der Waals surface area contributed by atoms with Crippen molar-refractivity contribution >= 4 is 26.8 Å². The normalized spacial score (nSPS) is 15.5. The highest BCUT2D eigenvalue weighted by atomic mass is 32.2. The van der Waals surface area contributed by atoms with Gasteiger partial charge in [-0.3, -0.25) is 4.79 Å². The van der Waals surface area contributed by atoms with Crippen molar-refractivity contribution in [3.05, 3.63) is 95.8 Å². The van der Waals surface area contributed by atoms with E-state index in [0.717, 1.165) is 35.0 Å². The standard InChI is InChI=1S/C27H27N3O4S/c31-19-26(32)22-8-6-20(7-9-22)18-29-13-10-23-16-24(17-28-27(23)29)21-11-14-30(15-12-21)35(33,34)25-4-2-1-3-5-25/h1-10,13,16-17,21,31H,11-12,14-15,18-19H2. The summed E-state index contributed by atoms with van der Waals surface area (Å²) in [7, 11) is -3.45. The van der Waals surface area contributed by atoms with Crippen LogP contribution in [0.25, 0.3) is 11.0 Å². The molecule has 1 aliphatic rings. The van der Waals surface area contributed by atoms with Crippen LogP contribution < -0.4 is 0 Å². The summed E-state index contributed by atoms with van der Waals surface area (Å²) in [5, 5.41) is 10.1. The molecule has 2 aromatic carbocycles. The summed E-state index contributed by atoms with van der Waals surface area (Å²) in [6.07, 6.45) is 5.44. The number of rotatable bonds is 7. The summed E-state index contributed by atoms with van der Waals surface area (Å²) >= 11 is 0. The number of fused-ring (bicyclic) bond motifs is 1. The molecule has 0 unspecified atom stereocenters. The summed E-state index contributed by atoms with van der Waals surface area (Å²) < 4.78 is 29.5. The Morgan fingerprint density at radius 2 is 1.71 bits per heavy atom. The van der Waals surface area contributed by atoms with Gasteiger partial charge in [0.15, 0.2) is 5.78 Å². The zero-order valence-electron chi connectivity index (χ0n) is 19.2. The summed E-state index contributed by atoms with van der Waals surface area (Å²) in [5.74, 6) is -0.0188. The number of ketones is 1. The fraction of sp³-hybridized carbons (Fsp3) is 0.259. The Balaban J connectivity index is 1.27. The number of piperidine rings is 1. The average Bonchev–Trinajstić information content (AvgIpc) is 3.31. The molecule has 1 aliphatic heterocycles. The number of aromatic nitrogens is 2. The zero-order chi connectivity index (χ0) is 24.4. The van der Waals surface area contributed by atoms with Crippen LogP contribution in [0.4, 0.5) is 0 Å². The highest BCUT2D eigenvalue weighted by Gasteiger charge is 2.30. The quantitative estimate of drug-likeness (QED) is 0.399. The van der Waals surface area contributed by atoms with Gasteiger partial charge in [-0.25, -0.2) is 13.4 Å². The van der Waals surface area contributed by atoms with Crippen LogP contribution >= 0.6 is 0 Å². The van der Waals surface area contributed by atoms with Crippen molar-refractivity contribution in [2.75, 3.05) is 19.7 Å². The van der Waals surface area contributed by atoms with Gasteiger partial charge in [0.25, 0.3) is 0 Å². The number of pyridine rings is 1. The number of Topliss-reactive ketones (excluding diaryl/α,β-unsaturated/α-hetero) is 1. The largest absolute Gasteiger partial charge is 0.388 e. The Bertz CT molecular complexity index is 1440. The van der Waals surface area contributed by atoms with Gasteiger partial charge in [0.05, 0.1) is 4.90 Å². The smallest absolute Gasteiger partial charge is 0.243 e. The van der Waals surface area contributed by atoms with Gasteiger partial charge < -0.3 is 9.67 Å². The van der Waals surface area contributed by atoms with E-state index in [2.05, 4.69) is 10.6 Å². The molecule has 0 spiro atoms. The molecule has 35 heavy (non-hydrogen) atoms. The maximum atomic E-state index is 12.9. The number of sulfonamides is 1. The molecule has 0 saturated carbocycles. The van der Waals surface area contributed by atoms with Gasteiger partial charge in [-0.15, -0.1) is 0 Å². The van der Waals surface area contributed by atoms with Crippen LogP contribution in [0.1, 0.15) is 40.2 Å². The lowest BCUT2D eigenvalue weighted by molar-refractivity contribution is 0.0903. The molecular weight excluding hydrogens is 462 g/mol. The molecule has 0 amide bonds. The van der Waals surface area contributed by atoms with Crippen molar-refractivity contribution in [2.45, 2.75) is 30.2 Å². The first-order valence-electron chi connectivity index (χ1n) is 11.7. The predicted molar refractivity (Wildman–Crippen MR) is 134 cm³/mol. The predicted octanol–water partition coefficient (Wildman–Crippen LogP) is 3.83. The first kappa shape index (κ1) is 23.4. The monoisotopic (exact) mass is 489 g/mol. The van der Waals surface area contributed by atoms with Gasteiger partial charge in [0.1, 0.15) is 12.3 Å². The van der Waals surface area contributed by atoms with Gasteiger partial charge in [0.2, 0.25) is 10.0 Å². The number of hydrogen-bond acceptors (Lipinski definition) is 5. The van der Waals surface area contributed by atoms with Crippen LogP contribution in [-0.2, 0) is 16.6 Å². The first-order valence-corrected chi connectivity index (χ1v) is 13.1. The van der Waals surface area contributed by atoms with Gasteiger partial charge in [-0.05, 0) is 54.2 Å². The number of nitrogens with zero attached hydrogens (tertiary/aromatic N) is 3. The second kappa shape index (κ2) is 9.73. The lowest BCUT2D eigenvalue weighted by Crippen LogP contribution is -2.37. The van der Waals surface area contributed by atoms with Crippen molar-refractivity contribution in [2.24, 2.45) is 0 Å². The van der Waals surface area contributed by atoms with Crippen molar-refractivity contribution in [1.29, 1.82) is 0 Å². The van der Waals surface area contributed by atoms with E-state index < -0.39 is 16.6 Å². The first-order chi connectivity index (χ1) is 17.0. The van der Waals surface area contributed by atoms with Crippen molar-refractivity contribution < 1.29 is 18.3 Å². The van der Waals surface area contributed by atoms with Gasteiger partial charge >= 0.3 is 0 Å². The van der Waals surface area contributed by atoms with E-state index in [1.807, 2.05) is 36.7 Å². The molecule has 1 fully saturated rings. The molecule has 4 aromatic rings. The van der Waals surface area contributed by atoms with Crippen molar-refractivity contribution in [3.8, 4) is 0 Å². The average molecular weight is 490 g/mol. The molecular formula is C27H27N3O4S. The molecule has 1 N–H and O–H groups in total. The topological polar surface area (TPSA) is 92.5 Å². The molecule has 0 aliphatic carbocycles. The Morgan fingerprint density at radius 3 is 2.40 bits per heavy atom. The minimum Gasteiger partial charge on any atom is -0.388 e. The minimum absolute atomic E-state index is 0.272. The van der Waals surface area contributed by atoms with Crippen LogP contribution in [0, 0.1) is 0 Å². The summed E-state index contributed by atoms with van der Waals surface area (Å²) in [4.78, 5) is 16.7. The third-order valence-corrected chi connectivity index (χ3v) is 8.61. The van der Waals surface area contributed by atoms with Crippen LogP contribution in [0.15, 0.2) is 84.0 Å². The van der Waals surface area contributed by atoms with E-state index >= 15 is 0 Å². The van der Waals surface area contributed by atoms with Crippen LogP contribution in [0.2, 0.25) is 0 Å². The van der Waals surface area contributed by atoms with Gasteiger partial charge in [-0.2, -0.15) is 4.31 Å². The second-order valence-electron chi connectivity index (χ2n) is 8.89. The highest BCUT2D eigenvalue weighted by Crippen LogP contribution is 2.32. The lowest BCUT2D eigenvalue weighted by Gasteiger charge is -2.31. The van der Waals surface area contributed by atoms with Crippen LogP contribution in [0.3, 0.4) is 0 Å². The second-order valence-corrected chi connectivity index (χ2v) is 10.8. The molecule has 8 heteroatoms. The molecule has 5 rings (SSSR count). The van der Waals surface area contributed by atoms with E-state index in [9.17, 15) is 13.2 Å². The van der Waals surface area contributed by atoms with E-state index in [1.165, 1.54) is 0 Å². The van der Waals surface area contributed by atoms with E-state index in [-0.39, 0.29) is 11.7 Å². The third kappa shape index (κ3) is 4.77. The number of carbonyl (C=O) groups excluding carboxylic acids is 1. The Labute approximate surface area is 204 Å². The van der Waals surface area contributed by atoms with E-state index in [0.29, 0.717) is 30.1 Å².